The molecule has 1 amide bonds. The lowest BCUT2D eigenvalue weighted by atomic mass is 10.2. The Balaban J connectivity index is 1.87. The van der Waals surface area contributed by atoms with Crippen LogP contribution < -0.4 is 14.8 Å². The van der Waals surface area contributed by atoms with Crippen LogP contribution >= 0.6 is 43.6 Å². The summed E-state index contributed by atoms with van der Waals surface area (Å²) in [5.74, 6) is 1.06. The van der Waals surface area contributed by atoms with E-state index in [0.29, 0.717) is 28.2 Å². The van der Waals surface area contributed by atoms with Gasteiger partial charge in [-0.2, -0.15) is 0 Å². The molecule has 2 aromatic rings. The fraction of sp³-hybridized carbons (Fsp3) is 0.158. The molecule has 0 saturated carbocycles. The number of methoxy groups -OCH3 is 1. The van der Waals surface area contributed by atoms with Crippen LogP contribution in [0.15, 0.2) is 55.2 Å². The normalized spacial score (nSPS) is 16.7. The minimum absolute atomic E-state index is 0.183. The predicted octanol–water partition coefficient (Wildman–Crippen LogP) is 5.51. The summed E-state index contributed by atoms with van der Waals surface area (Å²) in [4.78, 5) is 17.3. The second-order valence-electron chi connectivity index (χ2n) is 5.43. The summed E-state index contributed by atoms with van der Waals surface area (Å²) in [5.41, 5.74) is 1.59. The Morgan fingerprint density at radius 2 is 2.07 bits per heavy atom. The molecule has 0 radical (unpaired) electrons. The van der Waals surface area contributed by atoms with Gasteiger partial charge in [-0.3, -0.25) is 4.79 Å². The van der Waals surface area contributed by atoms with Crippen LogP contribution in [-0.2, 0) is 4.79 Å². The van der Waals surface area contributed by atoms with Crippen molar-refractivity contribution in [3.05, 3.63) is 55.8 Å². The largest absolute Gasteiger partial charge is 0.493 e. The van der Waals surface area contributed by atoms with Gasteiger partial charge in [0.05, 0.1) is 28.8 Å². The van der Waals surface area contributed by atoms with Gasteiger partial charge in [0.2, 0.25) is 0 Å². The second kappa shape index (κ2) is 8.95. The van der Waals surface area contributed by atoms with Gasteiger partial charge in [0.25, 0.3) is 5.91 Å². The molecule has 1 fully saturated rings. The molecular formula is C19H16Br2N2O3S. The number of thioether (sulfide) groups is 1. The van der Waals surface area contributed by atoms with Gasteiger partial charge >= 0.3 is 0 Å². The lowest BCUT2D eigenvalue weighted by molar-refractivity contribution is -0.115. The highest BCUT2D eigenvalue weighted by molar-refractivity contribution is 9.10. The number of benzene rings is 2. The van der Waals surface area contributed by atoms with E-state index in [9.17, 15) is 4.79 Å². The molecule has 3 rings (SSSR count). The molecule has 1 saturated heterocycles. The number of aliphatic imine (C=N–C) groups is 1. The number of carbonyl (C=O) groups excluding carboxylic acids is 1. The van der Waals surface area contributed by atoms with E-state index < -0.39 is 0 Å². The Hall–Kier alpha value is -1.77. The van der Waals surface area contributed by atoms with Crippen molar-refractivity contribution in [3.63, 3.8) is 0 Å². The first-order valence-electron chi connectivity index (χ1n) is 8.05. The Labute approximate surface area is 178 Å². The predicted molar refractivity (Wildman–Crippen MR) is 117 cm³/mol. The molecule has 1 N–H and O–H groups in total. The monoisotopic (exact) mass is 510 g/mol. The first kappa shape index (κ1) is 20.0. The van der Waals surface area contributed by atoms with E-state index in [0.717, 1.165) is 20.2 Å². The van der Waals surface area contributed by atoms with E-state index in [4.69, 9.17) is 9.47 Å². The lowest BCUT2D eigenvalue weighted by Crippen LogP contribution is -2.19. The van der Waals surface area contributed by atoms with Gasteiger partial charge in [-0.25, -0.2) is 4.99 Å². The van der Waals surface area contributed by atoms with Crippen LogP contribution in [0.25, 0.3) is 6.08 Å². The summed E-state index contributed by atoms with van der Waals surface area (Å²) in [7, 11) is 1.58. The van der Waals surface area contributed by atoms with Gasteiger partial charge in [0, 0.05) is 4.47 Å². The standard InChI is InChI=1S/C19H16Br2N2O3S/c1-3-26-17-14(21)7-11(8-15(17)25-2)9-16-18(24)23-19(27-16)22-13-6-4-5-12(20)10-13/h4-10H,3H2,1-2H3,(H,22,23,24)/b16-9-. The number of nitrogens with zero attached hydrogens (tertiary/aromatic N) is 1. The van der Waals surface area contributed by atoms with Crippen LogP contribution in [-0.4, -0.2) is 24.8 Å². The highest BCUT2D eigenvalue weighted by Gasteiger charge is 2.24. The molecule has 0 spiro atoms. The molecule has 2 aromatic carbocycles. The number of carbonyl (C=O) groups is 1. The average Bonchev–Trinajstić information content (AvgIpc) is 2.96. The molecule has 27 heavy (non-hydrogen) atoms. The zero-order valence-electron chi connectivity index (χ0n) is 14.6. The van der Waals surface area contributed by atoms with Gasteiger partial charge in [-0.15, -0.1) is 0 Å². The van der Waals surface area contributed by atoms with Crippen molar-refractivity contribution in [2.75, 3.05) is 13.7 Å². The third-order valence-corrected chi connectivity index (χ3v) is 5.52. The molecule has 1 aliphatic heterocycles. The number of rotatable bonds is 5. The van der Waals surface area contributed by atoms with Gasteiger partial charge in [-0.1, -0.05) is 22.0 Å². The smallest absolute Gasteiger partial charge is 0.264 e. The fourth-order valence-corrected chi connectivity index (χ4v) is 4.21. The summed E-state index contributed by atoms with van der Waals surface area (Å²) in [6.07, 6.45) is 1.80. The molecule has 5 nitrogen and oxygen atoms in total. The Morgan fingerprint density at radius 1 is 1.26 bits per heavy atom. The van der Waals surface area contributed by atoms with Gasteiger partial charge < -0.3 is 14.8 Å². The van der Waals surface area contributed by atoms with Crippen molar-refractivity contribution in [2.45, 2.75) is 6.92 Å². The lowest BCUT2D eigenvalue weighted by Gasteiger charge is -2.12. The third-order valence-electron chi connectivity index (χ3n) is 3.53. The fourth-order valence-electron chi connectivity index (χ4n) is 2.40. The van der Waals surface area contributed by atoms with Gasteiger partial charge in [0.1, 0.15) is 0 Å². The molecule has 0 aliphatic carbocycles. The van der Waals surface area contributed by atoms with Crippen LogP contribution in [0, 0.1) is 0 Å². The van der Waals surface area contributed by atoms with E-state index in [2.05, 4.69) is 42.2 Å². The van der Waals surface area contributed by atoms with Crippen molar-refractivity contribution < 1.29 is 14.3 Å². The third kappa shape index (κ3) is 4.94. The average molecular weight is 512 g/mol. The Bertz CT molecular complexity index is 945. The molecule has 1 aliphatic rings. The maximum absolute atomic E-state index is 12.3. The maximum atomic E-state index is 12.3. The molecule has 1 heterocycles. The first-order valence-corrected chi connectivity index (χ1v) is 10.5. The quantitative estimate of drug-likeness (QED) is 0.537. The number of amides is 1. The number of nitrogens with one attached hydrogen (secondary N) is 1. The first-order chi connectivity index (χ1) is 13.0. The van der Waals surface area contributed by atoms with Crippen LogP contribution in [0.1, 0.15) is 12.5 Å². The van der Waals surface area contributed by atoms with Crippen LogP contribution in [0.3, 0.4) is 0 Å². The van der Waals surface area contributed by atoms with E-state index in [1.165, 1.54) is 11.8 Å². The summed E-state index contributed by atoms with van der Waals surface area (Å²) >= 11 is 8.21. The minimum atomic E-state index is -0.183. The van der Waals surface area contributed by atoms with Crippen molar-refractivity contribution >= 4 is 66.5 Å². The minimum Gasteiger partial charge on any atom is -0.493 e. The topological polar surface area (TPSA) is 59.9 Å². The molecule has 0 aromatic heterocycles. The summed E-state index contributed by atoms with van der Waals surface area (Å²) in [5, 5.41) is 3.33. The zero-order chi connectivity index (χ0) is 19.4. The van der Waals surface area contributed by atoms with Crippen molar-refractivity contribution in [3.8, 4) is 11.5 Å². The molecule has 0 atom stereocenters. The van der Waals surface area contributed by atoms with Crippen LogP contribution in [0.4, 0.5) is 5.69 Å². The Kier molecular flexibility index (Phi) is 6.62. The summed E-state index contributed by atoms with van der Waals surface area (Å²) in [6, 6.07) is 11.3. The zero-order valence-corrected chi connectivity index (χ0v) is 18.6. The van der Waals surface area contributed by atoms with Crippen LogP contribution in [0.2, 0.25) is 0 Å². The number of halogens is 2. The number of amidine groups is 1. The molecule has 8 heteroatoms. The molecule has 140 valence electrons. The number of ether oxygens (including phenoxy) is 2. The molecular weight excluding hydrogens is 496 g/mol. The van der Waals surface area contributed by atoms with Crippen molar-refractivity contribution in [1.82, 2.24) is 5.32 Å². The Morgan fingerprint density at radius 3 is 2.78 bits per heavy atom. The van der Waals surface area contributed by atoms with Crippen molar-refractivity contribution in [1.29, 1.82) is 0 Å². The van der Waals surface area contributed by atoms with E-state index >= 15 is 0 Å². The van der Waals surface area contributed by atoms with E-state index in [1.807, 2.05) is 43.3 Å². The summed E-state index contributed by atoms with van der Waals surface area (Å²) in [6.45, 7) is 2.44. The molecule has 0 unspecified atom stereocenters. The van der Waals surface area contributed by atoms with Crippen LogP contribution in [0.5, 0.6) is 11.5 Å². The maximum Gasteiger partial charge on any atom is 0.264 e. The number of hydrogen-bond donors (Lipinski definition) is 1. The number of hydrogen-bond acceptors (Lipinski definition) is 5. The van der Waals surface area contributed by atoms with Crippen molar-refractivity contribution in [2.24, 2.45) is 4.99 Å². The SMILES string of the molecule is CCOc1c(Br)cc(/C=C2\SC(=Nc3cccc(Br)c3)NC2=O)cc1OC. The highest BCUT2D eigenvalue weighted by atomic mass is 79.9. The van der Waals surface area contributed by atoms with E-state index in [1.54, 1.807) is 13.2 Å². The summed E-state index contributed by atoms with van der Waals surface area (Å²) < 4.78 is 12.7. The van der Waals surface area contributed by atoms with E-state index in [-0.39, 0.29) is 5.91 Å². The highest BCUT2D eigenvalue weighted by Crippen LogP contribution is 2.38. The van der Waals surface area contributed by atoms with Gasteiger partial charge in [0.15, 0.2) is 16.7 Å². The van der Waals surface area contributed by atoms with Gasteiger partial charge in [-0.05, 0) is 76.6 Å². The molecule has 0 bridgehead atoms. The second-order valence-corrected chi connectivity index (χ2v) is 8.23.